The second-order valence-electron chi connectivity index (χ2n) is 9.86. The normalized spacial score (nSPS) is 14.5. The molecule has 38 heavy (non-hydrogen) atoms. The van der Waals surface area contributed by atoms with Crippen molar-refractivity contribution in [2.75, 3.05) is 10.0 Å². The number of fused-ring (bicyclic) bond motifs is 1. The third kappa shape index (κ3) is 5.64. The maximum absolute atomic E-state index is 12.9. The van der Waals surface area contributed by atoms with Gasteiger partial charge in [-0.2, -0.15) is 0 Å². The second kappa shape index (κ2) is 11.3. The molecule has 1 aliphatic carbocycles. The van der Waals surface area contributed by atoms with Gasteiger partial charge in [0.15, 0.2) is 0 Å². The lowest BCUT2D eigenvalue weighted by Crippen LogP contribution is -2.23. The smallest absolute Gasteiger partial charge is 0.263 e. The molecule has 3 aromatic carbocycles. The Hall–Kier alpha value is -3.16. The van der Waals surface area contributed by atoms with Gasteiger partial charge in [-0.05, 0) is 84.3 Å². The molecule has 1 saturated carbocycles. The van der Waals surface area contributed by atoms with Gasteiger partial charge in [0.1, 0.15) is 4.90 Å². The molecule has 0 radical (unpaired) electrons. The van der Waals surface area contributed by atoms with Gasteiger partial charge in [0.25, 0.3) is 10.0 Å². The van der Waals surface area contributed by atoms with E-state index in [1.54, 1.807) is 24.3 Å². The minimum atomic E-state index is -3.81. The highest BCUT2D eigenvalue weighted by atomic mass is 35.5. The van der Waals surface area contributed by atoms with Crippen molar-refractivity contribution < 1.29 is 8.42 Å². The Labute approximate surface area is 229 Å². The molecular weight excluding hydrogens is 516 g/mol. The van der Waals surface area contributed by atoms with E-state index in [1.807, 2.05) is 18.3 Å². The van der Waals surface area contributed by atoms with Gasteiger partial charge in [-0.25, -0.2) is 18.4 Å². The van der Waals surface area contributed by atoms with Crippen molar-refractivity contribution >= 4 is 44.2 Å². The highest BCUT2D eigenvalue weighted by Gasteiger charge is 2.19. The fraction of sp³-hybridized carbons (Fsp3) is 0.333. The molecule has 6 nitrogen and oxygen atoms in total. The van der Waals surface area contributed by atoms with E-state index < -0.39 is 10.0 Å². The summed E-state index contributed by atoms with van der Waals surface area (Å²) in [5.74, 6) is 0.705. The van der Waals surface area contributed by atoms with Gasteiger partial charge in [0, 0.05) is 23.3 Å². The van der Waals surface area contributed by atoms with Crippen molar-refractivity contribution in [3.63, 3.8) is 0 Å². The topological polar surface area (TPSA) is 84.0 Å². The monoisotopic (exact) mass is 548 g/mol. The van der Waals surface area contributed by atoms with E-state index in [9.17, 15) is 8.42 Å². The van der Waals surface area contributed by atoms with Crippen LogP contribution >= 0.6 is 11.6 Å². The number of nitrogens with one attached hydrogen (secondary N) is 2. The van der Waals surface area contributed by atoms with Crippen LogP contribution in [0.4, 0.5) is 11.6 Å². The van der Waals surface area contributed by atoms with E-state index in [2.05, 4.69) is 41.0 Å². The zero-order chi connectivity index (χ0) is 26.7. The first-order chi connectivity index (χ1) is 18.4. The Morgan fingerprint density at radius 1 is 0.947 bits per heavy atom. The number of rotatable bonds is 8. The summed E-state index contributed by atoms with van der Waals surface area (Å²) in [5, 5.41) is 4.73. The molecule has 8 heteroatoms. The first-order valence-electron chi connectivity index (χ1n) is 13.3. The van der Waals surface area contributed by atoms with Crippen LogP contribution in [0.25, 0.3) is 22.0 Å². The Morgan fingerprint density at radius 3 is 2.45 bits per heavy atom. The SMILES string of the molecule is CCc1cc(NS(=O)(=O)c2ccccc2Cl)ccc1-c1cc(CC)c2nc(NC3CCCCC3)ncc2c1. The van der Waals surface area contributed by atoms with Gasteiger partial charge >= 0.3 is 0 Å². The molecule has 0 aliphatic heterocycles. The van der Waals surface area contributed by atoms with Crippen LogP contribution < -0.4 is 10.0 Å². The predicted molar refractivity (Wildman–Crippen MR) is 156 cm³/mol. The molecule has 0 saturated heterocycles. The van der Waals surface area contributed by atoms with Crippen LogP contribution in [-0.4, -0.2) is 24.4 Å². The number of hydrogen-bond acceptors (Lipinski definition) is 5. The zero-order valence-corrected chi connectivity index (χ0v) is 23.4. The molecule has 5 rings (SSSR count). The van der Waals surface area contributed by atoms with Gasteiger partial charge in [0.05, 0.1) is 10.5 Å². The largest absolute Gasteiger partial charge is 0.351 e. The van der Waals surface area contributed by atoms with Crippen molar-refractivity contribution in [1.29, 1.82) is 0 Å². The van der Waals surface area contributed by atoms with E-state index in [0.717, 1.165) is 46.0 Å². The van der Waals surface area contributed by atoms with Gasteiger partial charge < -0.3 is 5.32 Å². The van der Waals surface area contributed by atoms with Crippen molar-refractivity contribution in [2.24, 2.45) is 0 Å². The molecule has 1 aliphatic rings. The van der Waals surface area contributed by atoms with Crippen LogP contribution in [0.1, 0.15) is 57.1 Å². The zero-order valence-electron chi connectivity index (χ0n) is 21.8. The Bertz CT molecular complexity index is 1570. The molecule has 1 heterocycles. The van der Waals surface area contributed by atoms with Crippen LogP contribution in [0, 0.1) is 0 Å². The predicted octanol–water partition coefficient (Wildman–Crippen LogP) is 7.62. The first-order valence-corrected chi connectivity index (χ1v) is 15.2. The number of halogens is 1. The highest BCUT2D eigenvalue weighted by molar-refractivity contribution is 7.92. The maximum atomic E-state index is 12.9. The molecule has 0 atom stereocenters. The van der Waals surface area contributed by atoms with Crippen LogP contribution in [0.5, 0.6) is 0 Å². The van der Waals surface area contributed by atoms with E-state index in [4.69, 9.17) is 16.6 Å². The molecule has 0 spiro atoms. The van der Waals surface area contributed by atoms with Gasteiger partial charge in [-0.1, -0.05) is 62.9 Å². The fourth-order valence-corrected chi connectivity index (χ4v) is 6.82. The number of benzene rings is 3. The fourth-order valence-electron chi connectivity index (χ4n) is 5.25. The van der Waals surface area contributed by atoms with Crippen LogP contribution in [-0.2, 0) is 22.9 Å². The summed E-state index contributed by atoms with van der Waals surface area (Å²) in [7, 11) is -3.81. The lowest BCUT2D eigenvalue weighted by molar-refractivity contribution is 0.461. The van der Waals surface area contributed by atoms with E-state index >= 15 is 0 Å². The Kier molecular flexibility index (Phi) is 7.86. The number of anilines is 2. The summed E-state index contributed by atoms with van der Waals surface area (Å²) in [6.07, 6.45) is 9.68. The van der Waals surface area contributed by atoms with Gasteiger partial charge in [-0.3, -0.25) is 4.72 Å². The summed E-state index contributed by atoms with van der Waals surface area (Å²) < 4.78 is 28.6. The van der Waals surface area contributed by atoms with Crippen molar-refractivity contribution in [2.45, 2.75) is 69.7 Å². The first kappa shape index (κ1) is 26.4. The molecular formula is C30H33ClN4O2S. The third-order valence-electron chi connectivity index (χ3n) is 7.26. The molecule has 0 unspecified atom stereocenters. The molecule has 198 valence electrons. The summed E-state index contributed by atoms with van der Waals surface area (Å²) in [4.78, 5) is 9.59. The molecule has 4 aromatic rings. The van der Waals surface area contributed by atoms with Crippen molar-refractivity contribution in [3.8, 4) is 11.1 Å². The maximum Gasteiger partial charge on any atom is 0.263 e. The van der Waals surface area contributed by atoms with Crippen molar-refractivity contribution in [1.82, 2.24) is 9.97 Å². The summed E-state index contributed by atoms with van der Waals surface area (Å²) >= 11 is 6.14. The van der Waals surface area contributed by atoms with Crippen LogP contribution in [0.3, 0.4) is 0 Å². The number of aryl methyl sites for hydroxylation is 2. The summed E-state index contributed by atoms with van der Waals surface area (Å²) in [6.45, 7) is 4.21. The molecule has 1 fully saturated rings. The lowest BCUT2D eigenvalue weighted by atomic mass is 9.94. The number of sulfonamides is 1. The minimum Gasteiger partial charge on any atom is -0.351 e. The number of aromatic nitrogens is 2. The van der Waals surface area contributed by atoms with E-state index in [0.29, 0.717) is 17.7 Å². The average Bonchev–Trinajstić information content (AvgIpc) is 2.93. The molecule has 0 amide bonds. The lowest BCUT2D eigenvalue weighted by Gasteiger charge is -2.23. The highest BCUT2D eigenvalue weighted by Crippen LogP contribution is 2.33. The van der Waals surface area contributed by atoms with E-state index in [1.165, 1.54) is 38.2 Å². The summed E-state index contributed by atoms with van der Waals surface area (Å²) in [5.41, 5.74) is 5.83. The number of hydrogen-bond donors (Lipinski definition) is 2. The second-order valence-corrected chi connectivity index (χ2v) is 11.9. The quantitative estimate of drug-likeness (QED) is 0.236. The Balaban J connectivity index is 1.46. The molecule has 2 N–H and O–H groups in total. The standard InChI is InChI=1S/C30H33ClN4O2S/c1-3-20-18-25(35-38(36,37)28-13-9-8-12-27(28)31)14-15-26(20)22-16-21(4-2)29-23(17-22)19-32-30(34-29)33-24-10-6-5-7-11-24/h8-9,12-19,24,35H,3-7,10-11H2,1-2H3,(H,32,33,34). The van der Waals surface area contributed by atoms with Crippen LogP contribution in [0.15, 0.2) is 65.7 Å². The minimum absolute atomic E-state index is 0.0586. The number of nitrogens with zero attached hydrogens (tertiary/aromatic N) is 2. The Morgan fingerprint density at radius 2 is 1.71 bits per heavy atom. The van der Waals surface area contributed by atoms with Crippen LogP contribution in [0.2, 0.25) is 5.02 Å². The third-order valence-corrected chi connectivity index (χ3v) is 9.14. The molecule has 0 bridgehead atoms. The van der Waals surface area contributed by atoms with E-state index in [-0.39, 0.29) is 9.92 Å². The average molecular weight is 549 g/mol. The summed E-state index contributed by atoms with van der Waals surface area (Å²) in [6, 6.07) is 16.9. The van der Waals surface area contributed by atoms with Gasteiger partial charge in [-0.15, -0.1) is 0 Å². The molecule has 1 aromatic heterocycles. The van der Waals surface area contributed by atoms with Crippen molar-refractivity contribution in [3.05, 3.63) is 76.9 Å². The van der Waals surface area contributed by atoms with Gasteiger partial charge in [0.2, 0.25) is 5.95 Å².